The van der Waals surface area contributed by atoms with Crippen LogP contribution < -0.4 is 5.32 Å². The fourth-order valence-electron chi connectivity index (χ4n) is 2.46. The standard InChI is InChI=1S/C15H17N5OS2/c1-9-7-10(2)20(18-9)12(13-5-4-6-22-13)8-16-15(21)14-11(3)17-19-23-14/h4-7,12H,8H2,1-3H3,(H,16,21)/t12-/m1/s1. The van der Waals surface area contributed by atoms with Crippen LogP contribution in [0.15, 0.2) is 23.6 Å². The van der Waals surface area contributed by atoms with Gasteiger partial charge in [-0.2, -0.15) is 5.10 Å². The van der Waals surface area contributed by atoms with E-state index in [0.29, 0.717) is 17.1 Å². The van der Waals surface area contributed by atoms with Gasteiger partial charge in [-0.05, 0) is 49.8 Å². The number of carbonyl (C=O) groups is 1. The predicted molar refractivity (Wildman–Crippen MR) is 91.1 cm³/mol. The van der Waals surface area contributed by atoms with Crippen LogP contribution in [-0.4, -0.2) is 31.8 Å². The monoisotopic (exact) mass is 347 g/mol. The lowest BCUT2D eigenvalue weighted by molar-refractivity contribution is 0.0952. The van der Waals surface area contributed by atoms with Crippen LogP contribution >= 0.6 is 22.9 Å². The topological polar surface area (TPSA) is 72.7 Å². The predicted octanol–water partition coefficient (Wildman–Crippen LogP) is 2.74. The smallest absolute Gasteiger partial charge is 0.265 e. The molecule has 23 heavy (non-hydrogen) atoms. The molecule has 6 nitrogen and oxygen atoms in total. The first-order valence-electron chi connectivity index (χ1n) is 7.19. The third-order valence-electron chi connectivity index (χ3n) is 3.53. The van der Waals surface area contributed by atoms with Gasteiger partial charge in [-0.25, -0.2) is 0 Å². The van der Waals surface area contributed by atoms with Crippen LogP contribution in [0.25, 0.3) is 0 Å². The van der Waals surface area contributed by atoms with Crippen LogP contribution in [0, 0.1) is 20.8 Å². The van der Waals surface area contributed by atoms with Gasteiger partial charge in [-0.3, -0.25) is 9.48 Å². The van der Waals surface area contributed by atoms with Gasteiger partial charge in [-0.1, -0.05) is 10.6 Å². The first kappa shape index (κ1) is 15.8. The number of hydrogen-bond acceptors (Lipinski definition) is 6. The summed E-state index contributed by atoms with van der Waals surface area (Å²) in [6, 6.07) is 6.10. The molecule has 0 aliphatic carbocycles. The van der Waals surface area contributed by atoms with Gasteiger partial charge < -0.3 is 5.32 Å². The molecule has 0 aliphatic rings. The molecule has 0 saturated heterocycles. The molecule has 120 valence electrons. The van der Waals surface area contributed by atoms with Gasteiger partial charge in [0.05, 0.1) is 11.4 Å². The average molecular weight is 347 g/mol. The summed E-state index contributed by atoms with van der Waals surface area (Å²) >= 11 is 2.78. The highest BCUT2D eigenvalue weighted by atomic mass is 32.1. The van der Waals surface area contributed by atoms with Gasteiger partial charge in [0, 0.05) is 17.1 Å². The van der Waals surface area contributed by atoms with Crippen molar-refractivity contribution in [2.24, 2.45) is 0 Å². The molecule has 3 heterocycles. The largest absolute Gasteiger partial charge is 0.349 e. The Kier molecular flexibility index (Phi) is 4.53. The van der Waals surface area contributed by atoms with Crippen molar-refractivity contribution in [1.82, 2.24) is 24.7 Å². The summed E-state index contributed by atoms with van der Waals surface area (Å²) in [5, 5.41) is 13.5. The van der Waals surface area contributed by atoms with Crippen LogP contribution in [0.4, 0.5) is 0 Å². The summed E-state index contributed by atoms with van der Waals surface area (Å²) in [6.07, 6.45) is 0. The van der Waals surface area contributed by atoms with E-state index in [0.717, 1.165) is 27.8 Å². The van der Waals surface area contributed by atoms with Crippen LogP contribution in [0.5, 0.6) is 0 Å². The van der Waals surface area contributed by atoms with Crippen molar-refractivity contribution in [2.75, 3.05) is 6.54 Å². The van der Waals surface area contributed by atoms with Gasteiger partial charge in [0.25, 0.3) is 5.91 Å². The normalized spacial score (nSPS) is 12.3. The zero-order valence-electron chi connectivity index (χ0n) is 13.1. The van der Waals surface area contributed by atoms with Gasteiger partial charge in [0.15, 0.2) is 0 Å². The minimum absolute atomic E-state index is 0.0196. The van der Waals surface area contributed by atoms with Crippen LogP contribution in [0.2, 0.25) is 0 Å². The van der Waals surface area contributed by atoms with Crippen molar-refractivity contribution in [3.05, 3.63) is 50.4 Å². The summed E-state index contributed by atoms with van der Waals surface area (Å²) in [6.45, 7) is 6.26. The maximum atomic E-state index is 12.3. The lowest BCUT2D eigenvalue weighted by Crippen LogP contribution is -2.31. The van der Waals surface area contributed by atoms with Gasteiger partial charge in [0.1, 0.15) is 10.9 Å². The molecule has 1 atom stereocenters. The van der Waals surface area contributed by atoms with Crippen molar-refractivity contribution in [2.45, 2.75) is 26.8 Å². The Labute approximate surface area is 142 Å². The summed E-state index contributed by atoms with van der Waals surface area (Å²) in [5.74, 6) is -0.138. The molecular weight excluding hydrogens is 330 g/mol. The lowest BCUT2D eigenvalue weighted by Gasteiger charge is -2.18. The molecule has 0 unspecified atom stereocenters. The maximum absolute atomic E-state index is 12.3. The first-order valence-corrected chi connectivity index (χ1v) is 8.85. The van der Waals surface area contributed by atoms with E-state index in [1.807, 2.05) is 36.0 Å². The van der Waals surface area contributed by atoms with Crippen molar-refractivity contribution in [3.63, 3.8) is 0 Å². The molecule has 3 rings (SSSR count). The van der Waals surface area contributed by atoms with E-state index in [1.165, 1.54) is 0 Å². The van der Waals surface area contributed by atoms with E-state index < -0.39 is 0 Å². The Bertz CT molecular complexity index is 806. The second kappa shape index (κ2) is 6.59. The number of thiophene rings is 1. The SMILES string of the molecule is Cc1cc(C)n([C@H](CNC(=O)c2snnc2C)c2cccs2)n1. The molecule has 3 aromatic heterocycles. The third kappa shape index (κ3) is 3.32. The van der Waals surface area contributed by atoms with Crippen molar-refractivity contribution >= 4 is 28.8 Å². The van der Waals surface area contributed by atoms with Crippen molar-refractivity contribution < 1.29 is 4.79 Å². The molecule has 1 N–H and O–H groups in total. The number of nitrogens with zero attached hydrogens (tertiary/aromatic N) is 4. The molecule has 1 amide bonds. The van der Waals surface area contributed by atoms with Crippen LogP contribution in [-0.2, 0) is 0 Å². The highest BCUT2D eigenvalue weighted by Gasteiger charge is 2.20. The van der Waals surface area contributed by atoms with E-state index in [4.69, 9.17) is 0 Å². The Morgan fingerprint density at radius 2 is 2.22 bits per heavy atom. The minimum atomic E-state index is -0.138. The number of aryl methyl sites for hydroxylation is 3. The van der Waals surface area contributed by atoms with E-state index in [2.05, 4.69) is 26.1 Å². The Balaban J connectivity index is 1.82. The van der Waals surface area contributed by atoms with Gasteiger partial charge in [-0.15, -0.1) is 16.4 Å². The Hall–Kier alpha value is -2.06. The van der Waals surface area contributed by atoms with Crippen molar-refractivity contribution in [3.8, 4) is 0 Å². The quantitative estimate of drug-likeness (QED) is 0.770. The number of carbonyl (C=O) groups excluding carboxylic acids is 1. The molecule has 8 heteroatoms. The second-order valence-corrected chi connectivity index (χ2v) is 7.03. The molecule has 0 bridgehead atoms. The van der Waals surface area contributed by atoms with E-state index in [1.54, 1.807) is 18.3 Å². The molecule has 0 aromatic carbocycles. The third-order valence-corrected chi connectivity index (χ3v) is 5.33. The van der Waals surface area contributed by atoms with E-state index in [9.17, 15) is 4.79 Å². The zero-order chi connectivity index (χ0) is 16.4. The summed E-state index contributed by atoms with van der Waals surface area (Å²) < 4.78 is 5.78. The number of rotatable bonds is 5. The Morgan fingerprint density at radius 1 is 1.39 bits per heavy atom. The highest BCUT2D eigenvalue weighted by Crippen LogP contribution is 2.24. The molecule has 0 saturated carbocycles. The Morgan fingerprint density at radius 3 is 2.78 bits per heavy atom. The second-order valence-electron chi connectivity index (χ2n) is 5.30. The molecule has 0 fully saturated rings. The van der Waals surface area contributed by atoms with Crippen LogP contribution in [0.1, 0.15) is 37.7 Å². The van der Waals surface area contributed by atoms with Crippen LogP contribution in [0.3, 0.4) is 0 Å². The fraction of sp³-hybridized carbons (Fsp3) is 0.333. The van der Waals surface area contributed by atoms with Gasteiger partial charge in [0.2, 0.25) is 0 Å². The molecule has 3 aromatic rings. The summed E-state index contributed by atoms with van der Waals surface area (Å²) in [7, 11) is 0. The minimum Gasteiger partial charge on any atom is -0.349 e. The maximum Gasteiger partial charge on any atom is 0.265 e. The number of nitrogens with one attached hydrogen (secondary N) is 1. The summed E-state index contributed by atoms with van der Waals surface area (Å²) in [5.41, 5.74) is 2.70. The number of aromatic nitrogens is 4. The first-order chi connectivity index (χ1) is 11.1. The molecule has 0 aliphatic heterocycles. The fourth-order valence-corrected chi connectivity index (χ4v) is 3.84. The van der Waals surface area contributed by atoms with E-state index in [-0.39, 0.29) is 11.9 Å². The lowest BCUT2D eigenvalue weighted by atomic mass is 10.2. The zero-order valence-corrected chi connectivity index (χ0v) is 14.7. The number of amides is 1. The average Bonchev–Trinajstić information content (AvgIpc) is 3.22. The molecule has 0 radical (unpaired) electrons. The van der Waals surface area contributed by atoms with Gasteiger partial charge >= 0.3 is 0 Å². The molecule has 0 spiro atoms. The number of hydrogen-bond donors (Lipinski definition) is 1. The van der Waals surface area contributed by atoms with E-state index >= 15 is 0 Å². The molecular formula is C15H17N5OS2. The summed E-state index contributed by atoms with van der Waals surface area (Å²) in [4.78, 5) is 14.0. The highest BCUT2D eigenvalue weighted by molar-refractivity contribution is 7.10. The van der Waals surface area contributed by atoms with Crippen molar-refractivity contribution in [1.29, 1.82) is 0 Å².